The molecule has 1 aliphatic carbocycles. The molecule has 1 saturated carbocycles. The molecule has 0 spiro atoms. The molecular formula is C30H29N5O4. The second kappa shape index (κ2) is 9.50. The standard InChI is InChI=1S/C30H29N5O4/c1-31-21-11-9-20(10-12-21)30-26(19-7-5-4-6-8-19)23(16-32-15-22-13-14-34-35(22)2)28(36)29(30,37)27-24(38-3)17-33-18-25(27)39-30/h4-14,17-18,23,26,28,32,36-37H,15-16H2,2-3H3/t23-,26-,28-,29+,30+/m1/s1. The van der Waals surface area contributed by atoms with Gasteiger partial charge in [-0.2, -0.15) is 5.10 Å². The summed E-state index contributed by atoms with van der Waals surface area (Å²) in [7, 11) is 3.39. The Kier molecular flexibility index (Phi) is 6.11. The predicted molar refractivity (Wildman–Crippen MR) is 143 cm³/mol. The molecule has 2 aromatic heterocycles. The van der Waals surface area contributed by atoms with E-state index in [0.29, 0.717) is 41.4 Å². The first-order valence-electron chi connectivity index (χ1n) is 12.8. The summed E-state index contributed by atoms with van der Waals surface area (Å²) >= 11 is 0. The zero-order valence-electron chi connectivity index (χ0n) is 21.7. The fraction of sp³-hybridized carbons (Fsp3) is 0.300. The van der Waals surface area contributed by atoms with Crippen LogP contribution in [0.15, 0.2) is 79.3 Å². The van der Waals surface area contributed by atoms with Crippen molar-refractivity contribution in [2.24, 2.45) is 13.0 Å². The van der Waals surface area contributed by atoms with E-state index >= 15 is 0 Å². The Balaban J connectivity index is 1.54. The average Bonchev–Trinajstić information content (AvgIpc) is 3.56. The number of aliphatic hydroxyl groups is 2. The van der Waals surface area contributed by atoms with Crippen LogP contribution in [-0.2, 0) is 24.8 Å². The molecule has 0 radical (unpaired) electrons. The zero-order chi connectivity index (χ0) is 27.2. The van der Waals surface area contributed by atoms with E-state index in [0.717, 1.165) is 11.3 Å². The predicted octanol–water partition coefficient (Wildman–Crippen LogP) is 3.41. The van der Waals surface area contributed by atoms with Gasteiger partial charge >= 0.3 is 0 Å². The Morgan fingerprint density at radius 2 is 1.90 bits per heavy atom. The third-order valence-electron chi connectivity index (χ3n) is 8.21. The maximum Gasteiger partial charge on any atom is 0.187 e. The van der Waals surface area contributed by atoms with Crippen LogP contribution in [0.4, 0.5) is 5.69 Å². The summed E-state index contributed by atoms with van der Waals surface area (Å²) in [6.45, 7) is 8.35. The molecule has 2 aliphatic rings. The Labute approximate surface area is 226 Å². The summed E-state index contributed by atoms with van der Waals surface area (Å²) in [5.41, 5.74) is 0.0963. The number of aryl methyl sites for hydroxylation is 1. The fourth-order valence-electron chi connectivity index (χ4n) is 6.49. The maximum absolute atomic E-state index is 12.8. The molecule has 1 fully saturated rings. The topological polar surface area (TPSA) is 106 Å². The number of pyridine rings is 1. The Morgan fingerprint density at radius 3 is 2.56 bits per heavy atom. The van der Waals surface area contributed by atoms with E-state index in [1.807, 2.05) is 43.4 Å². The molecule has 0 bridgehead atoms. The van der Waals surface area contributed by atoms with Crippen LogP contribution in [0.5, 0.6) is 11.5 Å². The Morgan fingerprint density at radius 1 is 1.13 bits per heavy atom. The lowest BCUT2D eigenvalue weighted by molar-refractivity contribution is -0.152. The maximum atomic E-state index is 12.8. The minimum absolute atomic E-state index is 0.337. The second-order valence-electron chi connectivity index (χ2n) is 10.1. The van der Waals surface area contributed by atoms with Gasteiger partial charge in [-0.3, -0.25) is 9.67 Å². The molecule has 9 nitrogen and oxygen atoms in total. The molecule has 3 heterocycles. The molecule has 39 heavy (non-hydrogen) atoms. The van der Waals surface area contributed by atoms with Gasteiger partial charge in [-0.25, -0.2) is 4.85 Å². The minimum atomic E-state index is -1.88. The van der Waals surface area contributed by atoms with Gasteiger partial charge in [-0.15, -0.1) is 0 Å². The largest absolute Gasteiger partial charge is 0.495 e. The van der Waals surface area contributed by atoms with Gasteiger partial charge in [-0.1, -0.05) is 54.6 Å². The van der Waals surface area contributed by atoms with E-state index < -0.39 is 29.1 Å². The molecule has 5 atom stereocenters. The zero-order valence-corrected chi connectivity index (χ0v) is 21.7. The number of benzene rings is 2. The summed E-state index contributed by atoms with van der Waals surface area (Å²) in [5.74, 6) is -0.248. The van der Waals surface area contributed by atoms with Crippen LogP contribution in [0.25, 0.3) is 4.85 Å². The van der Waals surface area contributed by atoms with Gasteiger partial charge in [0.05, 0.1) is 43.4 Å². The number of nitrogens with one attached hydrogen (secondary N) is 1. The Bertz CT molecular complexity index is 1530. The van der Waals surface area contributed by atoms with E-state index in [1.165, 1.54) is 13.3 Å². The van der Waals surface area contributed by atoms with E-state index in [-0.39, 0.29) is 0 Å². The highest BCUT2D eigenvalue weighted by atomic mass is 16.5. The highest BCUT2D eigenvalue weighted by molar-refractivity contribution is 5.60. The monoisotopic (exact) mass is 523 g/mol. The van der Waals surface area contributed by atoms with E-state index in [1.54, 1.807) is 41.3 Å². The van der Waals surface area contributed by atoms with Crippen LogP contribution < -0.4 is 14.8 Å². The van der Waals surface area contributed by atoms with Crippen LogP contribution in [-0.4, -0.2) is 44.7 Å². The summed E-state index contributed by atoms with van der Waals surface area (Å²) < 4.78 is 14.2. The highest BCUT2D eigenvalue weighted by Gasteiger charge is 2.76. The number of rotatable bonds is 7. The molecule has 0 unspecified atom stereocenters. The normalized spacial score (nSPS) is 26.9. The molecule has 0 amide bonds. The fourth-order valence-corrected chi connectivity index (χ4v) is 6.49. The molecule has 2 aromatic carbocycles. The van der Waals surface area contributed by atoms with Crippen molar-refractivity contribution in [1.29, 1.82) is 0 Å². The summed E-state index contributed by atoms with van der Waals surface area (Å²) in [6, 6.07) is 18.8. The van der Waals surface area contributed by atoms with Crippen LogP contribution in [0.2, 0.25) is 0 Å². The van der Waals surface area contributed by atoms with Crippen molar-refractivity contribution in [3.8, 4) is 11.5 Å². The van der Waals surface area contributed by atoms with Crippen molar-refractivity contribution < 1.29 is 19.7 Å². The van der Waals surface area contributed by atoms with Gasteiger partial charge in [-0.05, 0) is 17.2 Å². The number of nitrogens with zero attached hydrogens (tertiary/aromatic N) is 4. The summed E-state index contributed by atoms with van der Waals surface area (Å²) in [5, 5.41) is 32.7. The van der Waals surface area contributed by atoms with Gasteiger partial charge in [0.1, 0.15) is 11.5 Å². The van der Waals surface area contributed by atoms with Crippen LogP contribution >= 0.6 is 0 Å². The second-order valence-corrected chi connectivity index (χ2v) is 10.1. The third kappa shape index (κ3) is 3.57. The van der Waals surface area contributed by atoms with Crippen molar-refractivity contribution in [3.63, 3.8) is 0 Å². The number of fused-ring (bicyclic) bond motifs is 3. The number of ether oxygens (including phenoxy) is 2. The lowest BCUT2D eigenvalue weighted by Crippen LogP contribution is -2.52. The van der Waals surface area contributed by atoms with Gasteiger partial charge in [0.2, 0.25) is 0 Å². The SMILES string of the molecule is [C-]#[N+]c1ccc([C@@]23Oc4cncc(OC)c4[C@]2(O)[C@H](O)[C@H](CNCc2ccnn2C)[C@H]3c2ccccc2)cc1. The van der Waals surface area contributed by atoms with Crippen LogP contribution in [0.1, 0.15) is 28.3 Å². The average molecular weight is 524 g/mol. The van der Waals surface area contributed by atoms with E-state index in [9.17, 15) is 10.2 Å². The first kappa shape index (κ1) is 25.1. The van der Waals surface area contributed by atoms with Crippen LogP contribution in [0, 0.1) is 12.5 Å². The number of aromatic nitrogens is 3. The molecule has 198 valence electrons. The molecule has 4 aromatic rings. The molecule has 0 saturated heterocycles. The third-order valence-corrected chi connectivity index (χ3v) is 8.21. The van der Waals surface area contributed by atoms with Crippen molar-refractivity contribution in [2.45, 2.75) is 29.8 Å². The first-order valence-corrected chi connectivity index (χ1v) is 12.8. The number of hydrogen-bond acceptors (Lipinski definition) is 7. The first-order chi connectivity index (χ1) is 19.0. The van der Waals surface area contributed by atoms with Crippen molar-refractivity contribution in [3.05, 3.63) is 113 Å². The molecule has 1 aliphatic heterocycles. The van der Waals surface area contributed by atoms with Gasteiger partial charge in [0.15, 0.2) is 16.9 Å². The lowest BCUT2D eigenvalue weighted by atomic mass is 9.70. The smallest absolute Gasteiger partial charge is 0.187 e. The Hall–Kier alpha value is -4.23. The van der Waals surface area contributed by atoms with Gasteiger partial charge in [0, 0.05) is 38.2 Å². The van der Waals surface area contributed by atoms with Crippen molar-refractivity contribution in [1.82, 2.24) is 20.1 Å². The summed E-state index contributed by atoms with van der Waals surface area (Å²) in [4.78, 5) is 7.80. The number of methoxy groups -OCH3 is 1. The van der Waals surface area contributed by atoms with E-state index in [2.05, 4.69) is 20.2 Å². The quantitative estimate of drug-likeness (QED) is 0.319. The molecule has 6 rings (SSSR count). The van der Waals surface area contributed by atoms with E-state index in [4.69, 9.17) is 16.0 Å². The lowest BCUT2D eigenvalue weighted by Gasteiger charge is -2.41. The van der Waals surface area contributed by atoms with Crippen LogP contribution in [0.3, 0.4) is 0 Å². The van der Waals surface area contributed by atoms with Gasteiger partial charge in [0.25, 0.3) is 0 Å². The molecular weight excluding hydrogens is 494 g/mol. The van der Waals surface area contributed by atoms with Gasteiger partial charge < -0.3 is 25.0 Å². The summed E-state index contributed by atoms with van der Waals surface area (Å²) in [6.07, 6.45) is 3.58. The highest BCUT2D eigenvalue weighted by Crippen LogP contribution is 2.69. The number of hydrogen-bond donors (Lipinski definition) is 3. The number of aliphatic hydroxyl groups excluding tert-OH is 1. The molecule has 9 heteroatoms. The minimum Gasteiger partial charge on any atom is -0.495 e. The molecule has 3 N–H and O–H groups in total. The van der Waals surface area contributed by atoms with Crippen molar-refractivity contribution in [2.75, 3.05) is 13.7 Å². The van der Waals surface area contributed by atoms with Crippen molar-refractivity contribution >= 4 is 5.69 Å².